The Balaban J connectivity index is 2.33. The lowest BCUT2D eigenvalue weighted by Gasteiger charge is -2.19. The number of ether oxygens (including phenoxy) is 1. The van der Waals surface area contributed by atoms with Gasteiger partial charge in [-0.3, -0.25) is 15.1 Å². The fourth-order valence-corrected chi connectivity index (χ4v) is 2.12. The Hall–Kier alpha value is -2.15. The van der Waals surface area contributed by atoms with Crippen LogP contribution in [0.5, 0.6) is 0 Å². The van der Waals surface area contributed by atoms with Crippen molar-refractivity contribution in [3.63, 3.8) is 0 Å². The van der Waals surface area contributed by atoms with Gasteiger partial charge in [0.2, 0.25) is 5.95 Å². The molecule has 6 nitrogen and oxygen atoms in total. The quantitative estimate of drug-likeness (QED) is 0.852. The van der Waals surface area contributed by atoms with Crippen molar-refractivity contribution < 1.29 is 9.53 Å². The smallest absolute Gasteiger partial charge is 0.414 e. The molecule has 0 unspecified atom stereocenters. The third kappa shape index (κ3) is 4.17. The number of halogens is 1. The predicted octanol–water partition coefficient (Wildman–Crippen LogP) is 3.55. The number of aromatic amines is 1. The van der Waals surface area contributed by atoms with Crippen molar-refractivity contribution in [1.29, 1.82) is 0 Å². The molecule has 2 rings (SSSR count). The number of amides is 1. The second kappa shape index (κ2) is 6.31. The van der Waals surface area contributed by atoms with Gasteiger partial charge in [0, 0.05) is 5.56 Å². The average Bonchev–Trinajstić information content (AvgIpc) is 2.41. The molecule has 7 heteroatoms. The van der Waals surface area contributed by atoms with Gasteiger partial charge in [-0.2, -0.15) is 0 Å². The number of hydrogen-bond acceptors (Lipinski definition) is 4. The van der Waals surface area contributed by atoms with Crippen molar-refractivity contribution >= 4 is 28.0 Å². The summed E-state index contributed by atoms with van der Waals surface area (Å²) in [5.41, 5.74) is 0.171. The highest BCUT2D eigenvalue weighted by molar-refractivity contribution is 9.10. The summed E-state index contributed by atoms with van der Waals surface area (Å²) in [6.45, 7) is 5.25. The normalized spacial score (nSPS) is 11.1. The molecule has 116 valence electrons. The summed E-state index contributed by atoms with van der Waals surface area (Å²) >= 11 is 3.22. The molecule has 2 N–H and O–H groups in total. The molecule has 0 atom stereocenters. The van der Waals surface area contributed by atoms with Gasteiger partial charge in [-0.25, -0.2) is 9.78 Å². The van der Waals surface area contributed by atoms with E-state index in [-0.39, 0.29) is 11.5 Å². The number of H-pyrrole nitrogens is 1. The summed E-state index contributed by atoms with van der Waals surface area (Å²) in [6, 6.07) is 9.19. The Morgan fingerprint density at radius 3 is 2.50 bits per heavy atom. The zero-order chi connectivity index (χ0) is 16.3. The molecule has 0 radical (unpaired) electrons. The topological polar surface area (TPSA) is 84.1 Å². The molecule has 1 heterocycles. The van der Waals surface area contributed by atoms with E-state index in [1.807, 2.05) is 30.3 Å². The summed E-state index contributed by atoms with van der Waals surface area (Å²) in [7, 11) is 0. The molecule has 1 aromatic carbocycles. The van der Waals surface area contributed by atoms with Crippen LogP contribution in [0.1, 0.15) is 20.8 Å². The number of benzene rings is 1. The second-order valence-corrected chi connectivity index (χ2v) is 6.36. The maximum Gasteiger partial charge on any atom is 0.414 e. The minimum Gasteiger partial charge on any atom is -0.444 e. The van der Waals surface area contributed by atoms with Gasteiger partial charge < -0.3 is 4.74 Å². The van der Waals surface area contributed by atoms with Crippen molar-refractivity contribution in [2.45, 2.75) is 26.4 Å². The van der Waals surface area contributed by atoms with Crippen molar-refractivity contribution in [1.82, 2.24) is 9.97 Å². The number of aromatic nitrogens is 2. The van der Waals surface area contributed by atoms with Gasteiger partial charge in [0.05, 0.1) is 5.69 Å². The SMILES string of the molecule is CC(C)(C)OC(=O)Nc1nc(-c2ccccc2)c(Br)c(=O)[nH]1. The fourth-order valence-electron chi connectivity index (χ4n) is 1.71. The molecule has 0 aliphatic rings. The van der Waals surface area contributed by atoms with Gasteiger partial charge >= 0.3 is 6.09 Å². The van der Waals surface area contributed by atoms with Gasteiger partial charge in [-0.15, -0.1) is 0 Å². The maximum atomic E-state index is 12.0. The van der Waals surface area contributed by atoms with Crippen LogP contribution in [0.15, 0.2) is 39.6 Å². The predicted molar refractivity (Wildman–Crippen MR) is 87.9 cm³/mol. The summed E-state index contributed by atoms with van der Waals surface area (Å²) in [4.78, 5) is 30.5. The number of rotatable bonds is 2. The van der Waals surface area contributed by atoms with E-state index in [1.54, 1.807) is 20.8 Å². The Morgan fingerprint density at radius 1 is 1.27 bits per heavy atom. The first-order valence-corrected chi connectivity index (χ1v) is 7.41. The molecule has 0 aliphatic carbocycles. The van der Waals surface area contributed by atoms with Crippen molar-refractivity contribution in [2.24, 2.45) is 0 Å². The molecule has 22 heavy (non-hydrogen) atoms. The molecular weight excluding hydrogens is 350 g/mol. The lowest BCUT2D eigenvalue weighted by atomic mass is 10.1. The Bertz CT molecular complexity index is 736. The van der Waals surface area contributed by atoms with Crippen LogP contribution in [0.25, 0.3) is 11.3 Å². The van der Waals surface area contributed by atoms with E-state index in [4.69, 9.17) is 4.74 Å². The van der Waals surface area contributed by atoms with Crippen LogP contribution in [0, 0.1) is 0 Å². The summed E-state index contributed by atoms with van der Waals surface area (Å²) in [6.07, 6.45) is -0.683. The van der Waals surface area contributed by atoms with Crippen LogP contribution in [0.3, 0.4) is 0 Å². The van der Waals surface area contributed by atoms with Gasteiger partial charge in [-0.1, -0.05) is 30.3 Å². The summed E-state index contributed by atoms with van der Waals surface area (Å²) < 4.78 is 5.43. The van der Waals surface area contributed by atoms with E-state index < -0.39 is 11.7 Å². The minimum atomic E-state index is -0.683. The van der Waals surface area contributed by atoms with Crippen LogP contribution in [0.4, 0.5) is 10.7 Å². The van der Waals surface area contributed by atoms with Gasteiger partial charge in [0.1, 0.15) is 10.1 Å². The van der Waals surface area contributed by atoms with E-state index >= 15 is 0 Å². The number of nitrogens with one attached hydrogen (secondary N) is 2. The van der Waals surface area contributed by atoms with Crippen molar-refractivity contribution in [3.8, 4) is 11.3 Å². The molecule has 0 saturated heterocycles. The molecule has 2 aromatic rings. The average molecular weight is 366 g/mol. The van der Waals surface area contributed by atoms with Crippen molar-refractivity contribution in [3.05, 3.63) is 45.2 Å². The summed E-state index contributed by atoms with van der Waals surface area (Å²) in [5, 5.41) is 2.43. The van der Waals surface area contributed by atoms with E-state index in [9.17, 15) is 9.59 Å². The van der Waals surface area contributed by atoms with E-state index in [2.05, 4.69) is 31.2 Å². The molecule has 1 amide bonds. The monoisotopic (exact) mass is 365 g/mol. The largest absolute Gasteiger partial charge is 0.444 e. The van der Waals surface area contributed by atoms with E-state index in [0.717, 1.165) is 5.56 Å². The fraction of sp³-hybridized carbons (Fsp3) is 0.267. The molecular formula is C15H16BrN3O3. The van der Waals surface area contributed by atoms with Crippen LogP contribution in [-0.4, -0.2) is 21.7 Å². The highest BCUT2D eigenvalue weighted by Crippen LogP contribution is 2.23. The molecule has 0 fully saturated rings. The number of hydrogen-bond donors (Lipinski definition) is 2. The van der Waals surface area contributed by atoms with Gasteiger partial charge in [0.25, 0.3) is 5.56 Å². The minimum absolute atomic E-state index is 0.0290. The first-order chi connectivity index (χ1) is 10.3. The standard InChI is InChI=1S/C15H16BrN3O3/c1-15(2,3)22-14(21)19-13-17-11(10(16)12(20)18-13)9-7-5-4-6-8-9/h4-8H,1-3H3,(H2,17,18,19,20,21). The highest BCUT2D eigenvalue weighted by Gasteiger charge is 2.18. The van der Waals surface area contributed by atoms with Crippen LogP contribution in [0.2, 0.25) is 0 Å². The number of carbonyl (C=O) groups is 1. The van der Waals surface area contributed by atoms with Gasteiger partial charge in [-0.05, 0) is 36.7 Å². The third-order valence-electron chi connectivity index (χ3n) is 2.53. The van der Waals surface area contributed by atoms with E-state index in [1.165, 1.54) is 0 Å². The number of carbonyl (C=O) groups excluding carboxylic acids is 1. The lowest BCUT2D eigenvalue weighted by molar-refractivity contribution is 0.0634. The van der Waals surface area contributed by atoms with E-state index in [0.29, 0.717) is 10.2 Å². The van der Waals surface area contributed by atoms with Crippen LogP contribution in [-0.2, 0) is 4.74 Å². The Labute approximate surface area is 136 Å². The summed E-state index contributed by atoms with van der Waals surface area (Å²) in [5.74, 6) is 0.0290. The first kappa shape index (κ1) is 16.2. The number of nitrogens with zero attached hydrogens (tertiary/aromatic N) is 1. The molecule has 0 aliphatic heterocycles. The third-order valence-corrected chi connectivity index (χ3v) is 3.27. The first-order valence-electron chi connectivity index (χ1n) is 6.61. The maximum absolute atomic E-state index is 12.0. The zero-order valence-electron chi connectivity index (χ0n) is 12.4. The molecule has 1 aromatic heterocycles. The highest BCUT2D eigenvalue weighted by atomic mass is 79.9. The van der Waals surface area contributed by atoms with Crippen LogP contribution < -0.4 is 10.9 Å². The number of anilines is 1. The van der Waals surface area contributed by atoms with Crippen LogP contribution >= 0.6 is 15.9 Å². The molecule has 0 spiro atoms. The molecule has 0 bridgehead atoms. The lowest BCUT2D eigenvalue weighted by Crippen LogP contribution is -2.28. The Morgan fingerprint density at radius 2 is 1.91 bits per heavy atom. The second-order valence-electron chi connectivity index (χ2n) is 5.57. The molecule has 0 saturated carbocycles. The Kier molecular flexibility index (Phi) is 4.65. The van der Waals surface area contributed by atoms with Crippen molar-refractivity contribution in [2.75, 3.05) is 5.32 Å². The van der Waals surface area contributed by atoms with Gasteiger partial charge in [0.15, 0.2) is 0 Å². The zero-order valence-corrected chi connectivity index (χ0v) is 14.0.